The number of anilines is 3. The van der Waals surface area contributed by atoms with Crippen LogP contribution >= 0.6 is 0 Å². The van der Waals surface area contributed by atoms with E-state index in [9.17, 15) is 9.18 Å². The predicted octanol–water partition coefficient (Wildman–Crippen LogP) is 2.44. The molecule has 4 N–H and O–H groups in total. The highest BCUT2D eigenvalue weighted by Crippen LogP contribution is 2.23. The lowest BCUT2D eigenvalue weighted by Crippen LogP contribution is -2.37. The maximum absolute atomic E-state index is 12.8. The number of urea groups is 1. The molecule has 2 aromatic rings. The number of amides is 2. The first-order valence-electron chi connectivity index (χ1n) is 6.41. The average molecular weight is 289 g/mol. The van der Waals surface area contributed by atoms with Gasteiger partial charge in [0.1, 0.15) is 5.82 Å². The van der Waals surface area contributed by atoms with Crippen molar-refractivity contribution in [1.29, 1.82) is 0 Å². The van der Waals surface area contributed by atoms with E-state index in [1.807, 2.05) is 0 Å². The molecule has 2 aromatic carbocycles. The van der Waals surface area contributed by atoms with Crippen molar-refractivity contribution in [3.63, 3.8) is 0 Å². The third-order valence-corrected chi connectivity index (χ3v) is 2.89. The van der Waals surface area contributed by atoms with Crippen molar-refractivity contribution in [2.45, 2.75) is 0 Å². The molecule has 6 heteroatoms. The quantitative estimate of drug-likeness (QED) is 0.756. The zero-order valence-corrected chi connectivity index (χ0v) is 11.3. The molecule has 0 aromatic heterocycles. The summed E-state index contributed by atoms with van der Waals surface area (Å²) in [7, 11) is 0. The monoisotopic (exact) mass is 289 g/mol. The first kappa shape index (κ1) is 14.8. The number of hydrogen-bond donors (Lipinski definition) is 3. The van der Waals surface area contributed by atoms with E-state index >= 15 is 0 Å². The fourth-order valence-electron chi connectivity index (χ4n) is 1.89. The number of para-hydroxylation sites is 2. The molecule has 2 amide bonds. The van der Waals surface area contributed by atoms with E-state index in [1.54, 1.807) is 24.3 Å². The van der Waals surface area contributed by atoms with Gasteiger partial charge in [-0.1, -0.05) is 12.1 Å². The van der Waals surface area contributed by atoms with Crippen LogP contribution in [-0.4, -0.2) is 24.3 Å². The molecule has 0 unspecified atom stereocenters. The van der Waals surface area contributed by atoms with Gasteiger partial charge in [-0.15, -0.1) is 0 Å². The van der Waals surface area contributed by atoms with E-state index in [4.69, 9.17) is 10.8 Å². The Morgan fingerprint density at radius 3 is 2.48 bits per heavy atom. The number of aliphatic hydroxyl groups is 1. The Morgan fingerprint density at radius 1 is 1.19 bits per heavy atom. The second kappa shape index (κ2) is 6.71. The highest BCUT2D eigenvalue weighted by molar-refractivity contribution is 6.03. The van der Waals surface area contributed by atoms with Gasteiger partial charge < -0.3 is 16.2 Å². The highest BCUT2D eigenvalue weighted by atomic mass is 19.1. The van der Waals surface area contributed by atoms with Crippen molar-refractivity contribution in [2.24, 2.45) is 0 Å². The maximum Gasteiger partial charge on any atom is 0.326 e. The third kappa shape index (κ3) is 3.70. The van der Waals surface area contributed by atoms with E-state index in [1.165, 1.54) is 29.2 Å². The molecule has 0 aliphatic rings. The third-order valence-electron chi connectivity index (χ3n) is 2.89. The molecule has 0 fully saturated rings. The van der Waals surface area contributed by atoms with E-state index in [0.29, 0.717) is 17.1 Å². The summed E-state index contributed by atoms with van der Waals surface area (Å²) >= 11 is 0. The molecule has 0 saturated carbocycles. The van der Waals surface area contributed by atoms with Crippen molar-refractivity contribution < 1.29 is 14.3 Å². The minimum atomic E-state index is -0.450. The molecule has 0 heterocycles. The number of carbonyl (C=O) groups is 1. The number of nitrogens with zero attached hydrogens (tertiary/aromatic N) is 1. The van der Waals surface area contributed by atoms with Crippen LogP contribution in [0.1, 0.15) is 0 Å². The first-order chi connectivity index (χ1) is 10.1. The summed E-state index contributed by atoms with van der Waals surface area (Å²) < 4.78 is 12.8. The summed E-state index contributed by atoms with van der Waals surface area (Å²) in [6, 6.07) is 11.8. The van der Waals surface area contributed by atoms with Gasteiger partial charge in [0.2, 0.25) is 0 Å². The fraction of sp³-hybridized carbons (Fsp3) is 0.133. The molecule has 0 saturated heterocycles. The number of aliphatic hydroxyl groups excluding tert-OH is 1. The zero-order chi connectivity index (χ0) is 15.2. The molecule has 0 radical (unpaired) electrons. The van der Waals surface area contributed by atoms with Crippen molar-refractivity contribution >= 4 is 23.1 Å². The molecule has 0 bridgehead atoms. The Kier molecular flexibility index (Phi) is 4.73. The molecule has 2 rings (SSSR count). The van der Waals surface area contributed by atoms with Gasteiger partial charge in [-0.2, -0.15) is 0 Å². The Hall–Kier alpha value is -2.60. The number of rotatable bonds is 4. The predicted molar refractivity (Wildman–Crippen MR) is 80.7 cm³/mol. The fourth-order valence-corrected chi connectivity index (χ4v) is 1.89. The van der Waals surface area contributed by atoms with Crippen LogP contribution in [0.3, 0.4) is 0 Å². The van der Waals surface area contributed by atoms with E-state index in [0.717, 1.165) is 0 Å². The van der Waals surface area contributed by atoms with Crippen molar-refractivity contribution in [3.8, 4) is 0 Å². The lowest BCUT2D eigenvalue weighted by atomic mass is 10.2. The van der Waals surface area contributed by atoms with E-state index in [2.05, 4.69) is 5.32 Å². The van der Waals surface area contributed by atoms with Crippen LogP contribution in [0.25, 0.3) is 0 Å². The normalized spacial score (nSPS) is 10.2. The van der Waals surface area contributed by atoms with Gasteiger partial charge in [0.15, 0.2) is 0 Å². The second-order valence-electron chi connectivity index (χ2n) is 4.37. The minimum Gasteiger partial charge on any atom is -0.397 e. The van der Waals surface area contributed by atoms with Crippen molar-refractivity contribution in [1.82, 2.24) is 0 Å². The largest absolute Gasteiger partial charge is 0.397 e. The number of nitrogens with two attached hydrogens (primary N) is 1. The summed E-state index contributed by atoms with van der Waals surface area (Å²) in [5.74, 6) is -0.382. The second-order valence-corrected chi connectivity index (χ2v) is 4.37. The lowest BCUT2D eigenvalue weighted by Gasteiger charge is -2.23. The van der Waals surface area contributed by atoms with Crippen LogP contribution in [0.5, 0.6) is 0 Å². The number of nitrogen functional groups attached to an aromatic ring is 1. The average Bonchev–Trinajstić information content (AvgIpc) is 2.48. The number of hydrogen-bond acceptors (Lipinski definition) is 3. The van der Waals surface area contributed by atoms with E-state index in [-0.39, 0.29) is 19.0 Å². The summed E-state index contributed by atoms with van der Waals surface area (Å²) in [5.41, 5.74) is 7.24. The molecule has 5 nitrogen and oxygen atoms in total. The van der Waals surface area contributed by atoms with Gasteiger partial charge in [0.05, 0.1) is 24.5 Å². The lowest BCUT2D eigenvalue weighted by molar-refractivity contribution is 0.252. The number of carbonyl (C=O) groups excluding carboxylic acids is 1. The van der Waals surface area contributed by atoms with Gasteiger partial charge in [0, 0.05) is 5.69 Å². The number of halogens is 1. The summed E-state index contributed by atoms with van der Waals surface area (Å²) in [6.45, 7) is -0.105. The van der Waals surface area contributed by atoms with Gasteiger partial charge in [0.25, 0.3) is 0 Å². The van der Waals surface area contributed by atoms with Crippen molar-refractivity contribution in [3.05, 3.63) is 54.3 Å². The summed E-state index contributed by atoms with van der Waals surface area (Å²) in [4.78, 5) is 13.6. The number of nitrogens with one attached hydrogen (secondary N) is 1. The maximum atomic E-state index is 12.8. The molecular weight excluding hydrogens is 273 g/mol. The molecule has 0 aliphatic heterocycles. The van der Waals surface area contributed by atoms with Crippen molar-refractivity contribution in [2.75, 3.05) is 29.1 Å². The van der Waals surface area contributed by atoms with Crippen LogP contribution in [0.2, 0.25) is 0 Å². The Morgan fingerprint density at radius 2 is 1.86 bits per heavy atom. The van der Waals surface area contributed by atoms with Crippen LogP contribution < -0.4 is 16.0 Å². The minimum absolute atomic E-state index is 0.0985. The summed E-state index contributed by atoms with van der Waals surface area (Å²) in [5, 5.41) is 11.8. The SMILES string of the molecule is Nc1ccccc1N(CCO)C(=O)Nc1ccc(F)cc1. The Balaban J connectivity index is 2.20. The molecule has 110 valence electrons. The summed E-state index contributed by atoms with van der Waals surface area (Å²) in [6.07, 6.45) is 0. The molecule has 0 aliphatic carbocycles. The molecule has 21 heavy (non-hydrogen) atoms. The highest BCUT2D eigenvalue weighted by Gasteiger charge is 2.17. The standard InChI is InChI=1S/C15H16FN3O2/c16-11-5-7-12(8-6-11)18-15(21)19(9-10-20)14-4-2-1-3-13(14)17/h1-8,20H,9-10,17H2,(H,18,21). The van der Waals surface area contributed by atoms with Crippen LogP contribution in [0.15, 0.2) is 48.5 Å². The Labute approximate surface area is 121 Å². The molecule has 0 spiro atoms. The van der Waals surface area contributed by atoms with Gasteiger partial charge in [-0.3, -0.25) is 4.90 Å². The van der Waals surface area contributed by atoms with Gasteiger partial charge in [-0.25, -0.2) is 9.18 Å². The van der Waals surface area contributed by atoms with Crippen LogP contribution in [0, 0.1) is 5.82 Å². The molecular formula is C15H16FN3O2. The topological polar surface area (TPSA) is 78.6 Å². The van der Waals surface area contributed by atoms with E-state index < -0.39 is 6.03 Å². The first-order valence-corrected chi connectivity index (χ1v) is 6.41. The van der Waals surface area contributed by atoms with Crippen LogP contribution in [-0.2, 0) is 0 Å². The molecule has 0 atom stereocenters. The van der Waals surface area contributed by atoms with Crippen LogP contribution in [0.4, 0.5) is 26.2 Å². The van der Waals surface area contributed by atoms with Gasteiger partial charge in [-0.05, 0) is 36.4 Å². The smallest absolute Gasteiger partial charge is 0.326 e. The Bertz CT molecular complexity index is 617. The number of benzene rings is 2. The zero-order valence-electron chi connectivity index (χ0n) is 11.3. The van der Waals surface area contributed by atoms with Gasteiger partial charge >= 0.3 is 6.03 Å².